The third kappa shape index (κ3) is 3.61. The van der Waals surface area contributed by atoms with Crippen LogP contribution in [-0.2, 0) is 21.4 Å². The van der Waals surface area contributed by atoms with Crippen molar-refractivity contribution in [3.8, 4) is 5.75 Å². The zero-order valence-corrected chi connectivity index (χ0v) is 16.7. The Morgan fingerprint density at radius 2 is 2.19 bits per heavy atom. The molecule has 0 aromatic heterocycles. The number of esters is 1. The Labute approximate surface area is 162 Å². The van der Waals surface area contributed by atoms with Gasteiger partial charge in [-0.15, -0.1) is 0 Å². The molecule has 1 saturated heterocycles. The van der Waals surface area contributed by atoms with E-state index in [1.54, 1.807) is 0 Å². The van der Waals surface area contributed by atoms with Gasteiger partial charge in [-0.3, -0.25) is 9.69 Å². The molecule has 4 rings (SSSR count). The van der Waals surface area contributed by atoms with Crippen molar-refractivity contribution in [2.45, 2.75) is 69.7 Å². The van der Waals surface area contributed by atoms with E-state index in [9.17, 15) is 9.90 Å². The van der Waals surface area contributed by atoms with E-state index >= 15 is 0 Å². The number of aromatic hydroxyl groups is 1. The molecule has 2 fully saturated rings. The summed E-state index contributed by atoms with van der Waals surface area (Å²) in [6.07, 6.45) is 8.54. The van der Waals surface area contributed by atoms with Crippen LogP contribution in [0.2, 0.25) is 0 Å². The molecule has 0 spiro atoms. The molecule has 27 heavy (non-hydrogen) atoms. The first-order valence-corrected chi connectivity index (χ1v) is 10.7. The number of ether oxygens (including phenoxy) is 1. The fourth-order valence-electron chi connectivity index (χ4n) is 5.79. The minimum atomic E-state index is -0.119. The summed E-state index contributed by atoms with van der Waals surface area (Å²) in [5.74, 6) is 1.69. The number of phenolic OH excluding ortho intramolecular Hbond substituents is 1. The molecule has 1 N–H and O–H groups in total. The first-order chi connectivity index (χ1) is 13.0. The molecule has 1 saturated carbocycles. The lowest BCUT2D eigenvalue weighted by atomic mass is 9.58. The zero-order chi connectivity index (χ0) is 19.0. The number of hydrogen-bond acceptors (Lipinski definition) is 4. The van der Waals surface area contributed by atoms with Gasteiger partial charge in [0.2, 0.25) is 0 Å². The van der Waals surface area contributed by atoms with Gasteiger partial charge in [0.15, 0.2) is 0 Å². The van der Waals surface area contributed by atoms with Gasteiger partial charge in [-0.2, -0.15) is 0 Å². The maximum Gasteiger partial charge on any atom is 0.305 e. The van der Waals surface area contributed by atoms with Crippen LogP contribution in [0, 0.1) is 11.8 Å². The van der Waals surface area contributed by atoms with E-state index in [1.807, 2.05) is 12.1 Å². The van der Waals surface area contributed by atoms with Gasteiger partial charge in [0.25, 0.3) is 0 Å². The molecule has 3 unspecified atom stereocenters. The molecular formula is C23H33NO3. The van der Waals surface area contributed by atoms with Gasteiger partial charge < -0.3 is 9.84 Å². The summed E-state index contributed by atoms with van der Waals surface area (Å²) in [5.41, 5.74) is 2.80. The van der Waals surface area contributed by atoms with E-state index in [4.69, 9.17) is 4.74 Å². The van der Waals surface area contributed by atoms with Crippen LogP contribution in [0.4, 0.5) is 0 Å². The number of benzene rings is 1. The van der Waals surface area contributed by atoms with Crippen molar-refractivity contribution in [1.29, 1.82) is 0 Å². The van der Waals surface area contributed by atoms with Gasteiger partial charge in [-0.25, -0.2) is 0 Å². The van der Waals surface area contributed by atoms with E-state index in [0.717, 1.165) is 31.6 Å². The Hall–Kier alpha value is -1.55. The molecule has 3 atom stereocenters. The molecule has 2 aliphatic carbocycles. The Morgan fingerprint density at radius 3 is 2.93 bits per heavy atom. The highest BCUT2D eigenvalue weighted by Crippen LogP contribution is 2.52. The maximum atomic E-state index is 11.7. The molecule has 1 aromatic rings. The highest BCUT2D eigenvalue weighted by molar-refractivity contribution is 5.69. The predicted molar refractivity (Wildman–Crippen MR) is 106 cm³/mol. The van der Waals surface area contributed by atoms with Gasteiger partial charge in [0, 0.05) is 19.0 Å². The van der Waals surface area contributed by atoms with Crippen molar-refractivity contribution >= 4 is 5.97 Å². The van der Waals surface area contributed by atoms with E-state index in [1.165, 1.54) is 50.6 Å². The minimum Gasteiger partial charge on any atom is -0.508 e. The number of nitrogens with zero attached hydrogens (tertiary/aromatic N) is 1. The van der Waals surface area contributed by atoms with E-state index in [-0.39, 0.29) is 11.4 Å². The van der Waals surface area contributed by atoms with Crippen LogP contribution >= 0.6 is 0 Å². The standard InChI is InChI=1S/C23H33NO3/c1-16-21-13-18-8-9-19(25)14-20(18)23(16,10-3-5-22(26)27-2)11-4-12-24(21)15-17-6-7-17/h8-9,14,16-17,21,25H,3-7,10-13,15H2,1-2H3. The Bertz CT molecular complexity index is 699. The van der Waals surface area contributed by atoms with Gasteiger partial charge in [0.1, 0.15) is 5.75 Å². The van der Waals surface area contributed by atoms with Crippen LogP contribution in [0.5, 0.6) is 5.75 Å². The molecule has 2 bridgehead atoms. The summed E-state index contributed by atoms with van der Waals surface area (Å²) < 4.78 is 4.86. The third-order valence-electron chi connectivity index (χ3n) is 7.47. The number of likely N-dealkylation sites (tertiary alicyclic amines) is 1. The monoisotopic (exact) mass is 371 g/mol. The first kappa shape index (κ1) is 18.8. The average molecular weight is 372 g/mol. The van der Waals surface area contributed by atoms with Crippen molar-refractivity contribution in [3.05, 3.63) is 29.3 Å². The Kier molecular flexibility index (Phi) is 5.19. The summed E-state index contributed by atoms with van der Waals surface area (Å²) in [6.45, 7) is 4.85. The topological polar surface area (TPSA) is 49.8 Å². The molecule has 4 nitrogen and oxygen atoms in total. The number of fused-ring (bicyclic) bond motifs is 4. The molecule has 1 heterocycles. The van der Waals surface area contributed by atoms with Crippen molar-refractivity contribution in [1.82, 2.24) is 4.90 Å². The molecular weight excluding hydrogens is 338 g/mol. The van der Waals surface area contributed by atoms with Crippen molar-refractivity contribution in [2.75, 3.05) is 20.2 Å². The van der Waals surface area contributed by atoms with Gasteiger partial charge in [-0.1, -0.05) is 13.0 Å². The zero-order valence-electron chi connectivity index (χ0n) is 16.7. The number of carbonyl (C=O) groups excluding carboxylic acids is 1. The van der Waals surface area contributed by atoms with Crippen LogP contribution in [0.3, 0.4) is 0 Å². The molecule has 1 aliphatic heterocycles. The molecule has 0 amide bonds. The molecule has 148 valence electrons. The highest BCUT2D eigenvalue weighted by atomic mass is 16.5. The van der Waals surface area contributed by atoms with Crippen molar-refractivity contribution in [3.63, 3.8) is 0 Å². The summed E-state index contributed by atoms with van der Waals surface area (Å²) in [5, 5.41) is 10.2. The Morgan fingerprint density at radius 1 is 1.37 bits per heavy atom. The maximum absolute atomic E-state index is 11.7. The van der Waals surface area contributed by atoms with Gasteiger partial charge in [-0.05, 0) is 92.0 Å². The number of rotatable bonds is 6. The number of hydrogen-bond donors (Lipinski definition) is 1. The van der Waals surface area contributed by atoms with E-state index in [0.29, 0.717) is 24.1 Å². The predicted octanol–water partition coefficient (Wildman–Crippen LogP) is 4.04. The smallest absolute Gasteiger partial charge is 0.305 e. The molecule has 3 aliphatic rings. The van der Waals surface area contributed by atoms with Crippen LogP contribution in [0.15, 0.2) is 18.2 Å². The average Bonchev–Trinajstić information content (AvgIpc) is 3.47. The second-order valence-electron chi connectivity index (χ2n) is 9.03. The minimum absolute atomic E-state index is 0.0588. The SMILES string of the molecule is COC(=O)CCCC12CCCN(CC3CC3)C(Cc3ccc(O)cc31)C2C. The van der Waals surface area contributed by atoms with Crippen LogP contribution < -0.4 is 0 Å². The molecule has 1 aromatic carbocycles. The summed E-state index contributed by atoms with van der Waals surface area (Å²) in [4.78, 5) is 14.4. The van der Waals surface area contributed by atoms with Crippen molar-refractivity contribution < 1.29 is 14.6 Å². The van der Waals surface area contributed by atoms with Gasteiger partial charge in [0.05, 0.1) is 7.11 Å². The van der Waals surface area contributed by atoms with Crippen LogP contribution in [-0.4, -0.2) is 42.2 Å². The largest absolute Gasteiger partial charge is 0.508 e. The van der Waals surface area contributed by atoms with Crippen LogP contribution in [0.25, 0.3) is 0 Å². The lowest BCUT2D eigenvalue weighted by Crippen LogP contribution is -2.51. The van der Waals surface area contributed by atoms with Crippen LogP contribution in [0.1, 0.15) is 63.0 Å². The summed E-state index contributed by atoms with van der Waals surface area (Å²) in [7, 11) is 1.47. The second-order valence-corrected chi connectivity index (χ2v) is 9.03. The lowest BCUT2D eigenvalue weighted by molar-refractivity contribution is -0.140. The van der Waals surface area contributed by atoms with E-state index in [2.05, 4.69) is 17.9 Å². The van der Waals surface area contributed by atoms with Crippen molar-refractivity contribution in [2.24, 2.45) is 11.8 Å². The van der Waals surface area contributed by atoms with E-state index < -0.39 is 0 Å². The fraction of sp³-hybridized carbons (Fsp3) is 0.696. The Balaban J connectivity index is 1.66. The number of phenols is 1. The number of methoxy groups -OCH3 is 1. The normalized spacial score (nSPS) is 30.4. The second kappa shape index (κ2) is 7.46. The summed E-state index contributed by atoms with van der Waals surface area (Å²) >= 11 is 0. The van der Waals surface area contributed by atoms with Gasteiger partial charge >= 0.3 is 5.97 Å². The first-order valence-electron chi connectivity index (χ1n) is 10.7. The number of carbonyl (C=O) groups is 1. The molecule has 0 radical (unpaired) electrons. The fourth-order valence-corrected chi connectivity index (χ4v) is 5.79. The quantitative estimate of drug-likeness (QED) is 0.767. The third-order valence-corrected chi connectivity index (χ3v) is 7.47. The summed E-state index contributed by atoms with van der Waals surface area (Å²) in [6, 6.07) is 6.56. The molecule has 4 heteroatoms. The lowest BCUT2D eigenvalue weighted by Gasteiger charge is -2.49. The highest BCUT2D eigenvalue weighted by Gasteiger charge is 2.49.